The summed E-state index contributed by atoms with van der Waals surface area (Å²) in [6, 6.07) is -1.62. The molecular formula is C23H39NO22S. The quantitative estimate of drug-likeness (QED) is 0.0788. The maximum Gasteiger partial charge on any atom is 0.397 e. The van der Waals surface area contributed by atoms with Gasteiger partial charge >= 0.3 is 16.4 Å². The minimum Gasteiger partial charge on any atom is -0.477 e. The van der Waals surface area contributed by atoms with Gasteiger partial charge in [0.25, 0.3) is 5.79 Å². The Morgan fingerprint density at radius 1 is 0.957 bits per heavy atom. The molecule has 0 bridgehead atoms. The van der Waals surface area contributed by atoms with Crippen molar-refractivity contribution in [1.82, 2.24) is 5.32 Å². The lowest BCUT2D eigenvalue weighted by molar-refractivity contribution is -0.384. The summed E-state index contributed by atoms with van der Waals surface area (Å²) < 4.78 is 62.5. The van der Waals surface area contributed by atoms with Crippen molar-refractivity contribution in [2.45, 2.75) is 111 Å². The van der Waals surface area contributed by atoms with Crippen LogP contribution in [0.25, 0.3) is 0 Å². The van der Waals surface area contributed by atoms with Crippen molar-refractivity contribution in [3.8, 4) is 0 Å². The summed E-state index contributed by atoms with van der Waals surface area (Å²) in [6.45, 7) is -2.32. The van der Waals surface area contributed by atoms with E-state index in [1.54, 1.807) is 0 Å². The Balaban J connectivity index is 2.02. The predicted molar refractivity (Wildman–Crippen MR) is 140 cm³/mol. The van der Waals surface area contributed by atoms with Gasteiger partial charge < -0.3 is 85.2 Å². The molecule has 3 fully saturated rings. The summed E-state index contributed by atoms with van der Waals surface area (Å²) in [5, 5.41) is 115. The smallest absolute Gasteiger partial charge is 0.397 e. The predicted octanol–water partition coefficient (Wildman–Crippen LogP) is -8.40. The first kappa shape index (κ1) is 39.6. The number of aliphatic carboxylic acids is 1. The average Bonchev–Trinajstić information content (AvgIpc) is 2.99. The van der Waals surface area contributed by atoms with Gasteiger partial charge in [0.2, 0.25) is 5.91 Å². The molecule has 0 aromatic heterocycles. The van der Waals surface area contributed by atoms with Crippen LogP contribution in [0.5, 0.6) is 0 Å². The van der Waals surface area contributed by atoms with E-state index < -0.39 is 146 Å². The van der Waals surface area contributed by atoms with E-state index in [0.29, 0.717) is 0 Å². The highest BCUT2D eigenvalue weighted by atomic mass is 32.3. The first-order chi connectivity index (χ1) is 21.8. The Bertz CT molecular complexity index is 1180. The highest BCUT2D eigenvalue weighted by Crippen LogP contribution is 2.38. The Kier molecular flexibility index (Phi) is 13.4. The molecule has 3 saturated heterocycles. The summed E-state index contributed by atoms with van der Waals surface area (Å²) in [4.78, 5) is 24.4. The number of carbonyl (C=O) groups is 2. The molecule has 0 saturated carbocycles. The van der Waals surface area contributed by atoms with E-state index in [2.05, 4.69) is 9.50 Å². The van der Waals surface area contributed by atoms with E-state index in [0.717, 1.165) is 6.92 Å². The fourth-order valence-electron chi connectivity index (χ4n) is 5.30. The van der Waals surface area contributed by atoms with Gasteiger partial charge in [-0.15, -0.1) is 0 Å². The van der Waals surface area contributed by atoms with Crippen LogP contribution in [-0.2, 0) is 47.9 Å². The van der Waals surface area contributed by atoms with Crippen LogP contribution in [-0.4, -0.2) is 198 Å². The van der Waals surface area contributed by atoms with Crippen LogP contribution in [0.3, 0.4) is 0 Å². The van der Waals surface area contributed by atoms with Crippen LogP contribution < -0.4 is 5.32 Å². The monoisotopic (exact) mass is 713 g/mol. The molecule has 23 nitrogen and oxygen atoms in total. The summed E-state index contributed by atoms with van der Waals surface area (Å²) in [5.41, 5.74) is 0. The Morgan fingerprint density at radius 2 is 1.60 bits per heavy atom. The lowest BCUT2D eigenvalue weighted by Gasteiger charge is -2.50. The minimum absolute atomic E-state index is 0.804. The van der Waals surface area contributed by atoms with Crippen LogP contribution in [0.1, 0.15) is 13.3 Å². The second kappa shape index (κ2) is 15.8. The van der Waals surface area contributed by atoms with Crippen molar-refractivity contribution < 1.29 is 107 Å². The third-order valence-electron chi connectivity index (χ3n) is 7.67. The summed E-state index contributed by atoms with van der Waals surface area (Å²) in [6.07, 6.45) is -30.0. The number of hydrogen-bond donors (Lipinski definition) is 13. The number of aliphatic hydroxyl groups is 10. The number of amides is 1. The van der Waals surface area contributed by atoms with Gasteiger partial charge in [0, 0.05) is 13.3 Å². The Labute approximate surface area is 265 Å². The molecule has 3 rings (SSSR count). The molecule has 3 heterocycles. The van der Waals surface area contributed by atoms with Crippen molar-refractivity contribution in [3.63, 3.8) is 0 Å². The lowest BCUT2D eigenvalue weighted by atomic mass is 9.88. The zero-order valence-electron chi connectivity index (χ0n) is 24.3. The molecule has 274 valence electrons. The molecule has 47 heavy (non-hydrogen) atoms. The van der Waals surface area contributed by atoms with E-state index in [-0.39, 0.29) is 0 Å². The van der Waals surface area contributed by atoms with E-state index >= 15 is 0 Å². The second-order valence-electron chi connectivity index (χ2n) is 11.0. The van der Waals surface area contributed by atoms with Crippen molar-refractivity contribution in [1.29, 1.82) is 0 Å². The zero-order chi connectivity index (χ0) is 35.6. The van der Waals surface area contributed by atoms with Crippen LogP contribution in [0.15, 0.2) is 0 Å². The van der Waals surface area contributed by atoms with Gasteiger partial charge in [0.15, 0.2) is 12.6 Å². The normalized spacial score (nSPS) is 42.8. The third kappa shape index (κ3) is 9.07. The average molecular weight is 714 g/mol. The topological polar surface area (TPSA) is 378 Å². The fourth-order valence-corrected chi connectivity index (χ4v) is 5.61. The third-order valence-corrected chi connectivity index (χ3v) is 8.10. The molecule has 13 N–H and O–H groups in total. The van der Waals surface area contributed by atoms with Crippen LogP contribution in [0.2, 0.25) is 0 Å². The van der Waals surface area contributed by atoms with E-state index in [4.69, 9.17) is 28.2 Å². The van der Waals surface area contributed by atoms with Gasteiger partial charge in [-0.25, -0.2) is 8.98 Å². The molecule has 0 aromatic carbocycles. The number of ether oxygens (including phenoxy) is 5. The molecule has 0 aliphatic carbocycles. The molecule has 16 atom stereocenters. The Morgan fingerprint density at radius 3 is 2.13 bits per heavy atom. The van der Waals surface area contributed by atoms with E-state index in [1.807, 2.05) is 0 Å². The maximum absolute atomic E-state index is 12.6. The molecule has 3 aliphatic rings. The molecule has 1 amide bonds. The van der Waals surface area contributed by atoms with E-state index in [9.17, 15) is 74.2 Å². The first-order valence-electron chi connectivity index (χ1n) is 13.9. The van der Waals surface area contributed by atoms with Crippen molar-refractivity contribution in [2.75, 3.05) is 19.8 Å². The van der Waals surface area contributed by atoms with Crippen molar-refractivity contribution >= 4 is 22.3 Å². The highest BCUT2D eigenvalue weighted by Gasteiger charge is 2.60. The van der Waals surface area contributed by atoms with Crippen molar-refractivity contribution in [3.05, 3.63) is 0 Å². The minimum atomic E-state index is -5.21. The number of carboxylic acid groups (broad SMARTS) is 1. The number of aliphatic hydroxyl groups excluding tert-OH is 10. The maximum atomic E-state index is 12.6. The van der Waals surface area contributed by atoms with Gasteiger partial charge in [-0.2, -0.15) is 8.42 Å². The Hall–Kier alpha value is -1.79. The van der Waals surface area contributed by atoms with E-state index in [1.165, 1.54) is 0 Å². The first-order valence-corrected chi connectivity index (χ1v) is 15.2. The summed E-state index contributed by atoms with van der Waals surface area (Å²) in [5.74, 6) is -6.04. The van der Waals surface area contributed by atoms with Crippen LogP contribution in [0, 0.1) is 0 Å². The number of rotatable bonds is 13. The van der Waals surface area contributed by atoms with Gasteiger partial charge in [-0.3, -0.25) is 9.35 Å². The second-order valence-corrected chi connectivity index (χ2v) is 12.1. The fraction of sp³-hybridized carbons (Fsp3) is 0.913. The largest absolute Gasteiger partial charge is 0.477 e. The standard InChI is InChI=1S/C23H39NO22S/c1-6(27)24-11-7(28)2-23(22(36)37,45-18(11)12(30)8(29)3-25)46-19-13(31)10(5-41-47(38,39)40)43-21(16(19)34)44-17-9(4-26)42-20(35)15(33)14(17)32/h7-21,25-26,28-35H,2-5H2,1H3,(H,24,27)(H,36,37)(H,38,39,40). The molecule has 3 aliphatic heterocycles. The molecule has 16 unspecified atom stereocenters. The van der Waals surface area contributed by atoms with Crippen LogP contribution >= 0.6 is 0 Å². The highest BCUT2D eigenvalue weighted by molar-refractivity contribution is 7.80. The summed E-state index contributed by atoms with van der Waals surface area (Å²) in [7, 11) is -5.21. The number of hydrogen-bond acceptors (Lipinski definition) is 20. The number of carboxylic acids is 1. The molecule has 0 aromatic rings. The van der Waals surface area contributed by atoms with Gasteiger partial charge in [-0.1, -0.05) is 0 Å². The summed E-state index contributed by atoms with van der Waals surface area (Å²) >= 11 is 0. The van der Waals surface area contributed by atoms with Gasteiger partial charge in [-0.05, 0) is 0 Å². The van der Waals surface area contributed by atoms with Crippen molar-refractivity contribution in [2.24, 2.45) is 0 Å². The molecular weight excluding hydrogens is 674 g/mol. The van der Waals surface area contributed by atoms with Gasteiger partial charge in [0.05, 0.1) is 32.0 Å². The number of carbonyl (C=O) groups excluding carboxylic acids is 1. The molecule has 0 spiro atoms. The lowest BCUT2D eigenvalue weighted by Crippen LogP contribution is -2.71. The SMILES string of the molecule is CC(=O)NC1C(O)CC(OC2C(O)C(COS(=O)(=O)O)OC(OC3C(CO)OC(O)C(O)C3O)C2O)(C(=O)O)OC1C(O)C(O)CO. The molecule has 0 radical (unpaired) electrons. The molecule has 24 heteroatoms. The van der Waals surface area contributed by atoms with Crippen LogP contribution in [0.4, 0.5) is 0 Å². The number of nitrogens with one attached hydrogen (secondary N) is 1. The zero-order valence-corrected chi connectivity index (χ0v) is 25.2. The van der Waals surface area contributed by atoms with Gasteiger partial charge in [0.1, 0.15) is 67.1 Å².